The van der Waals surface area contributed by atoms with Crippen LogP contribution in [0.3, 0.4) is 0 Å². The van der Waals surface area contributed by atoms with Crippen molar-refractivity contribution < 1.29 is 45.3 Å². The van der Waals surface area contributed by atoms with Gasteiger partial charge in [0.25, 0.3) is 0 Å². The second-order valence-corrected chi connectivity index (χ2v) is 9.76. The van der Waals surface area contributed by atoms with Gasteiger partial charge in [0.05, 0.1) is 25.3 Å². The van der Waals surface area contributed by atoms with E-state index >= 15 is 0 Å². The van der Waals surface area contributed by atoms with Crippen molar-refractivity contribution in [2.24, 2.45) is 11.8 Å². The van der Waals surface area contributed by atoms with Gasteiger partial charge in [-0.05, 0) is 61.1 Å². The van der Waals surface area contributed by atoms with Crippen LogP contribution in [0.5, 0.6) is 5.75 Å². The molecule has 0 saturated carbocycles. The summed E-state index contributed by atoms with van der Waals surface area (Å²) in [6.07, 6.45) is -2.86. The lowest BCUT2D eigenvalue weighted by Crippen LogP contribution is -2.55. The Morgan fingerprint density at radius 3 is 2.46 bits per heavy atom. The number of methoxy groups -OCH3 is 1. The molecule has 0 amide bonds. The number of benzene rings is 1. The molecule has 0 radical (unpaired) electrons. The fourth-order valence-electron chi connectivity index (χ4n) is 5.38. The summed E-state index contributed by atoms with van der Waals surface area (Å²) < 4.78 is 5.36. The molecule has 5 rings (SSSR count). The van der Waals surface area contributed by atoms with Crippen molar-refractivity contribution in [1.29, 1.82) is 0 Å². The third kappa shape index (κ3) is 6.55. The summed E-state index contributed by atoms with van der Waals surface area (Å²) in [4.78, 5) is 17.0. The number of pyridine rings is 1. The summed E-state index contributed by atoms with van der Waals surface area (Å²) >= 11 is 0. The number of carbonyl (C=O) groups is 1. The van der Waals surface area contributed by atoms with Crippen LogP contribution in [0.25, 0.3) is 10.9 Å². The van der Waals surface area contributed by atoms with Crippen LogP contribution in [0.15, 0.2) is 30.5 Å². The normalized spacial score (nSPS) is 26.9. The molecule has 37 heavy (non-hydrogen) atoms. The van der Waals surface area contributed by atoms with Gasteiger partial charge in [0.15, 0.2) is 6.10 Å². The predicted octanol–water partition coefficient (Wildman–Crippen LogP) is -0.0959. The van der Waals surface area contributed by atoms with Gasteiger partial charge < -0.3 is 40.5 Å². The minimum atomic E-state index is -2.20. The van der Waals surface area contributed by atoms with Gasteiger partial charge in [-0.25, -0.2) is 4.79 Å². The zero-order valence-corrected chi connectivity index (χ0v) is 21.1. The van der Waals surface area contributed by atoms with Crippen molar-refractivity contribution >= 4 is 16.9 Å². The monoisotopic (exact) mass is 522 g/mol. The number of fused-ring (bicyclic) bond motifs is 4. The molecule has 206 valence electrons. The molecule has 7 N–H and O–H groups in total. The highest BCUT2D eigenvalue weighted by molar-refractivity contribution is 5.84. The molecule has 2 bridgehead atoms. The van der Waals surface area contributed by atoms with Gasteiger partial charge in [0, 0.05) is 24.2 Å². The van der Waals surface area contributed by atoms with E-state index in [2.05, 4.69) is 16.8 Å². The Morgan fingerprint density at radius 2 is 1.89 bits per heavy atom. The minimum absolute atomic E-state index is 0.225. The molecule has 3 aliphatic heterocycles. The maximum Gasteiger partial charge on any atom is 0.335 e. The van der Waals surface area contributed by atoms with Crippen LogP contribution in [-0.4, -0.2) is 109 Å². The smallest absolute Gasteiger partial charge is 0.335 e. The fraction of sp³-hybridized carbons (Fsp3) is 0.615. The van der Waals surface area contributed by atoms with E-state index < -0.39 is 43.1 Å². The Balaban J connectivity index is 0.000000251. The number of rotatable bonds is 9. The molecule has 11 nitrogen and oxygen atoms in total. The van der Waals surface area contributed by atoms with Crippen LogP contribution in [-0.2, 0) is 4.79 Å². The lowest BCUT2D eigenvalue weighted by Gasteiger charge is -2.51. The topological polar surface area (TPSA) is 184 Å². The highest BCUT2D eigenvalue weighted by Gasteiger charge is 2.42. The molecule has 11 heteroatoms. The number of aliphatic hydroxyl groups excluding tert-OH is 6. The molecule has 3 aliphatic rings. The molecule has 4 heterocycles. The number of aromatic nitrogens is 1. The van der Waals surface area contributed by atoms with Crippen molar-refractivity contribution in [3.05, 3.63) is 36.0 Å². The van der Waals surface area contributed by atoms with E-state index in [9.17, 15) is 9.90 Å². The second-order valence-electron chi connectivity index (χ2n) is 9.76. The third-order valence-electron chi connectivity index (χ3n) is 7.63. The summed E-state index contributed by atoms with van der Waals surface area (Å²) in [5.41, 5.74) is 1.89. The van der Waals surface area contributed by atoms with Crippen LogP contribution < -0.4 is 4.74 Å². The van der Waals surface area contributed by atoms with Gasteiger partial charge >= 0.3 is 5.97 Å². The molecule has 1 aromatic heterocycles. The van der Waals surface area contributed by atoms with Gasteiger partial charge in [0.2, 0.25) is 0 Å². The van der Waals surface area contributed by atoms with Crippen molar-refractivity contribution in [3.8, 4) is 5.75 Å². The maximum absolute atomic E-state index is 11.2. The number of aliphatic carboxylic acids is 1. The van der Waals surface area contributed by atoms with Crippen LogP contribution >= 0.6 is 0 Å². The number of ether oxygens (including phenoxy) is 1. The molecular weight excluding hydrogens is 484 g/mol. The zero-order valence-electron chi connectivity index (χ0n) is 21.1. The van der Waals surface area contributed by atoms with Gasteiger partial charge in [-0.2, -0.15) is 0 Å². The number of nitrogens with zero attached hydrogens (tertiary/aromatic N) is 2. The summed E-state index contributed by atoms with van der Waals surface area (Å²) in [5, 5.41) is 64.0. The first-order valence-electron chi connectivity index (χ1n) is 12.5. The van der Waals surface area contributed by atoms with E-state index in [0.29, 0.717) is 0 Å². The molecule has 2 aromatic rings. The Kier molecular flexibility index (Phi) is 10.2. The van der Waals surface area contributed by atoms with Crippen LogP contribution in [0.2, 0.25) is 0 Å². The Bertz CT molecular complexity index is 1040. The lowest BCUT2D eigenvalue weighted by atomic mass is 9.72. The summed E-state index contributed by atoms with van der Waals surface area (Å²) in [5.74, 6) is 0.649. The SMILES string of the molecule is CC[C@H]1CN2CC[C@H]1C[C@@H]2[C@@H](O)c1ccnc2ccc(OC)cc12.O=C(O)[C@H](O)[C@@H](O)[C@H](O)[C@H](O)CO. The average Bonchev–Trinajstić information content (AvgIpc) is 2.94. The number of hydrogen-bond acceptors (Lipinski definition) is 10. The quantitative estimate of drug-likeness (QED) is 0.233. The summed E-state index contributed by atoms with van der Waals surface area (Å²) in [6, 6.07) is 8.07. The van der Waals surface area contributed by atoms with E-state index in [0.717, 1.165) is 53.6 Å². The Morgan fingerprint density at radius 1 is 1.16 bits per heavy atom. The largest absolute Gasteiger partial charge is 0.497 e. The number of aliphatic hydroxyl groups is 6. The highest BCUT2D eigenvalue weighted by atomic mass is 16.5. The maximum atomic E-state index is 11.2. The number of piperidine rings is 3. The molecule has 0 aliphatic carbocycles. The van der Waals surface area contributed by atoms with Crippen molar-refractivity contribution in [2.75, 3.05) is 26.8 Å². The first-order valence-corrected chi connectivity index (χ1v) is 12.5. The number of carboxylic acid groups (broad SMARTS) is 1. The number of carboxylic acids is 1. The lowest BCUT2D eigenvalue weighted by molar-refractivity contribution is -0.164. The molecule has 1 unspecified atom stereocenters. The molecule has 9 atom stereocenters. The Hall–Kier alpha value is -2.38. The zero-order chi connectivity index (χ0) is 27.3. The summed E-state index contributed by atoms with van der Waals surface area (Å²) in [7, 11) is 1.67. The van der Waals surface area contributed by atoms with E-state index in [4.69, 9.17) is 35.4 Å². The molecule has 1 aromatic carbocycles. The van der Waals surface area contributed by atoms with E-state index in [1.807, 2.05) is 24.3 Å². The predicted molar refractivity (Wildman–Crippen MR) is 134 cm³/mol. The summed E-state index contributed by atoms with van der Waals surface area (Å²) in [6.45, 7) is 3.70. The van der Waals surface area contributed by atoms with Crippen LogP contribution in [0, 0.1) is 11.8 Å². The molecule has 3 fully saturated rings. The van der Waals surface area contributed by atoms with E-state index in [1.165, 1.54) is 12.8 Å². The average molecular weight is 523 g/mol. The molecule has 3 saturated heterocycles. The van der Waals surface area contributed by atoms with Gasteiger partial charge in [-0.1, -0.05) is 13.3 Å². The van der Waals surface area contributed by atoms with Crippen molar-refractivity contribution in [2.45, 2.75) is 62.7 Å². The van der Waals surface area contributed by atoms with E-state index in [-0.39, 0.29) is 6.04 Å². The van der Waals surface area contributed by atoms with Crippen molar-refractivity contribution in [1.82, 2.24) is 9.88 Å². The minimum Gasteiger partial charge on any atom is -0.497 e. The van der Waals surface area contributed by atoms with Crippen LogP contribution in [0.1, 0.15) is 37.9 Å². The van der Waals surface area contributed by atoms with Gasteiger partial charge in [-0.15, -0.1) is 0 Å². The standard InChI is InChI=1S/C20H26N2O2.C6H12O7/c1-3-13-12-22-9-7-14(13)10-19(22)20(23)16-6-8-21-18-5-4-15(24-2)11-17(16)18;7-1-2(8)3(9)4(10)5(11)6(12)13/h4-6,8,11,13-14,19-20,23H,3,7,9-10,12H2,1-2H3;2-5,7-11H,1H2,(H,12,13)/t13-,14-,19+,20-;2-,3-,4+,5-/m01/s1. The van der Waals surface area contributed by atoms with E-state index in [1.54, 1.807) is 13.3 Å². The van der Waals surface area contributed by atoms with Crippen LogP contribution in [0.4, 0.5) is 0 Å². The first kappa shape index (κ1) is 29.2. The van der Waals surface area contributed by atoms with Gasteiger partial charge in [-0.3, -0.25) is 9.88 Å². The fourth-order valence-corrected chi connectivity index (χ4v) is 5.38. The second kappa shape index (κ2) is 12.9. The number of hydrogen-bond donors (Lipinski definition) is 7. The Labute approximate surface area is 215 Å². The third-order valence-corrected chi connectivity index (χ3v) is 7.63. The van der Waals surface area contributed by atoms with Gasteiger partial charge in [0.1, 0.15) is 24.1 Å². The first-order chi connectivity index (χ1) is 17.6. The molecule has 0 spiro atoms. The van der Waals surface area contributed by atoms with Crippen molar-refractivity contribution in [3.63, 3.8) is 0 Å². The highest BCUT2D eigenvalue weighted by Crippen LogP contribution is 2.42. The molecular formula is C26H38N2O9.